The van der Waals surface area contributed by atoms with Gasteiger partial charge in [-0.15, -0.1) is 0 Å². The van der Waals surface area contributed by atoms with E-state index in [2.05, 4.69) is 11.8 Å². The van der Waals surface area contributed by atoms with E-state index in [0.29, 0.717) is 5.56 Å². The van der Waals surface area contributed by atoms with Gasteiger partial charge in [0.05, 0.1) is 5.56 Å². The highest BCUT2D eigenvalue weighted by molar-refractivity contribution is 5.56. The van der Waals surface area contributed by atoms with E-state index in [1.165, 1.54) is 6.07 Å². The number of nitrogens with zero attached hydrogens (tertiary/aromatic N) is 1. The smallest absolute Gasteiger partial charge is 0.369 e. The summed E-state index contributed by atoms with van der Waals surface area (Å²) in [6.45, 7) is 7.16. The summed E-state index contributed by atoms with van der Waals surface area (Å²) in [6.07, 6.45) is -1.07. The van der Waals surface area contributed by atoms with Gasteiger partial charge in [-0.3, -0.25) is 0 Å². The molecule has 0 radical (unpaired) electrons. The molecular weight excluding hydrogens is 277 g/mol. The van der Waals surface area contributed by atoms with Crippen LogP contribution >= 0.6 is 0 Å². The van der Waals surface area contributed by atoms with Crippen LogP contribution in [-0.2, 0) is 12.7 Å². The SMILES string of the molecule is CCCCCN(c1ccc(C(F)(F)F)cc1CN)C(C)C. The molecule has 0 unspecified atom stereocenters. The number of nitrogens with two attached hydrogens (primary N) is 1. The third-order valence-corrected chi connectivity index (χ3v) is 3.56. The first kappa shape index (κ1) is 17.8. The number of rotatable bonds is 7. The minimum absolute atomic E-state index is 0.107. The van der Waals surface area contributed by atoms with Crippen LogP contribution < -0.4 is 10.6 Å². The van der Waals surface area contributed by atoms with Crippen LogP contribution in [0.3, 0.4) is 0 Å². The maximum absolute atomic E-state index is 12.8. The van der Waals surface area contributed by atoms with Gasteiger partial charge in [0, 0.05) is 24.8 Å². The highest BCUT2D eigenvalue weighted by Gasteiger charge is 2.31. The molecule has 2 nitrogen and oxygen atoms in total. The Hall–Kier alpha value is -1.23. The quantitative estimate of drug-likeness (QED) is 0.748. The van der Waals surface area contributed by atoms with Crippen LogP contribution in [0.4, 0.5) is 18.9 Å². The van der Waals surface area contributed by atoms with Gasteiger partial charge in [-0.25, -0.2) is 0 Å². The molecule has 0 atom stereocenters. The predicted octanol–water partition coefficient (Wildman–Crippen LogP) is 4.57. The zero-order valence-electron chi connectivity index (χ0n) is 13.0. The number of halogens is 3. The maximum atomic E-state index is 12.8. The van der Waals surface area contributed by atoms with Crippen LogP contribution in [-0.4, -0.2) is 12.6 Å². The molecule has 0 saturated carbocycles. The topological polar surface area (TPSA) is 29.3 Å². The number of hydrogen-bond acceptors (Lipinski definition) is 2. The monoisotopic (exact) mass is 302 g/mol. The largest absolute Gasteiger partial charge is 0.416 e. The lowest BCUT2D eigenvalue weighted by atomic mass is 10.1. The van der Waals surface area contributed by atoms with E-state index in [9.17, 15) is 13.2 Å². The molecule has 0 spiro atoms. The van der Waals surface area contributed by atoms with Crippen molar-refractivity contribution in [3.63, 3.8) is 0 Å². The van der Waals surface area contributed by atoms with Gasteiger partial charge in [0.25, 0.3) is 0 Å². The molecule has 0 aliphatic rings. The zero-order chi connectivity index (χ0) is 16.0. The summed E-state index contributed by atoms with van der Waals surface area (Å²) in [5, 5.41) is 0. The number of hydrogen-bond donors (Lipinski definition) is 1. The lowest BCUT2D eigenvalue weighted by Crippen LogP contribution is -2.33. The van der Waals surface area contributed by atoms with Crippen LogP contribution in [0.5, 0.6) is 0 Å². The first-order valence-electron chi connectivity index (χ1n) is 7.48. The molecule has 5 heteroatoms. The Balaban J connectivity index is 3.07. The van der Waals surface area contributed by atoms with Crippen molar-refractivity contribution in [2.45, 2.75) is 58.8 Å². The molecule has 120 valence electrons. The average molecular weight is 302 g/mol. The second-order valence-electron chi connectivity index (χ2n) is 5.54. The Labute approximate surface area is 125 Å². The summed E-state index contributed by atoms with van der Waals surface area (Å²) in [7, 11) is 0. The number of unbranched alkanes of at least 4 members (excludes halogenated alkanes) is 2. The van der Waals surface area contributed by atoms with Crippen molar-refractivity contribution in [3.8, 4) is 0 Å². The molecule has 0 bridgehead atoms. The van der Waals surface area contributed by atoms with Crippen LogP contribution in [0.15, 0.2) is 18.2 Å². The second kappa shape index (κ2) is 7.69. The van der Waals surface area contributed by atoms with Crippen molar-refractivity contribution >= 4 is 5.69 Å². The summed E-state index contributed by atoms with van der Waals surface area (Å²) < 4.78 is 38.4. The van der Waals surface area contributed by atoms with E-state index >= 15 is 0 Å². The molecule has 0 aliphatic carbocycles. The molecule has 0 fully saturated rings. The molecule has 0 amide bonds. The molecule has 0 saturated heterocycles. The van der Waals surface area contributed by atoms with E-state index in [1.54, 1.807) is 6.07 Å². The predicted molar refractivity (Wildman–Crippen MR) is 81.3 cm³/mol. The summed E-state index contributed by atoms with van der Waals surface area (Å²) in [5.41, 5.74) is 6.39. The van der Waals surface area contributed by atoms with Crippen molar-refractivity contribution in [2.24, 2.45) is 5.73 Å². The molecule has 2 N–H and O–H groups in total. The van der Waals surface area contributed by atoms with Crippen molar-refractivity contribution in [1.82, 2.24) is 0 Å². The number of anilines is 1. The fourth-order valence-corrected chi connectivity index (χ4v) is 2.39. The van der Waals surface area contributed by atoms with Crippen LogP contribution in [0.25, 0.3) is 0 Å². The summed E-state index contributed by atoms with van der Waals surface area (Å²) in [6, 6.07) is 4.09. The van der Waals surface area contributed by atoms with E-state index in [-0.39, 0.29) is 12.6 Å². The third kappa shape index (κ3) is 4.92. The van der Waals surface area contributed by atoms with Crippen LogP contribution in [0.1, 0.15) is 51.2 Å². The van der Waals surface area contributed by atoms with Gasteiger partial charge < -0.3 is 10.6 Å². The van der Waals surface area contributed by atoms with Crippen molar-refractivity contribution in [3.05, 3.63) is 29.3 Å². The van der Waals surface area contributed by atoms with Crippen LogP contribution in [0.2, 0.25) is 0 Å². The molecule has 1 aromatic rings. The van der Waals surface area contributed by atoms with E-state index < -0.39 is 11.7 Å². The lowest BCUT2D eigenvalue weighted by Gasteiger charge is -2.31. The molecule has 21 heavy (non-hydrogen) atoms. The maximum Gasteiger partial charge on any atom is 0.416 e. The summed E-state index contributed by atoms with van der Waals surface area (Å²) in [5.74, 6) is 0. The van der Waals surface area contributed by atoms with E-state index in [1.807, 2.05) is 13.8 Å². The van der Waals surface area contributed by atoms with Gasteiger partial charge in [0.15, 0.2) is 0 Å². The molecule has 0 aliphatic heterocycles. The Bertz CT molecular complexity index is 442. The fraction of sp³-hybridized carbons (Fsp3) is 0.625. The Morgan fingerprint density at radius 3 is 2.33 bits per heavy atom. The Morgan fingerprint density at radius 1 is 1.19 bits per heavy atom. The highest BCUT2D eigenvalue weighted by atomic mass is 19.4. The van der Waals surface area contributed by atoms with Gasteiger partial charge >= 0.3 is 6.18 Å². The Kier molecular flexibility index (Phi) is 6.52. The fourth-order valence-electron chi connectivity index (χ4n) is 2.39. The zero-order valence-corrected chi connectivity index (χ0v) is 13.0. The van der Waals surface area contributed by atoms with Gasteiger partial charge in [-0.2, -0.15) is 13.2 Å². The Morgan fingerprint density at radius 2 is 1.86 bits per heavy atom. The first-order valence-corrected chi connectivity index (χ1v) is 7.48. The normalized spacial score (nSPS) is 12.0. The van der Waals surface area contributed by atoms with Gasteiger partial charge in [0.1, 0.15) is 0 Å². The summed E-state index contributed by atoms with van der Waals surface area (Å²) >= 11 is 0. The second-order valence-corrected chi connectivity index (χ2v) is 5.54. The van der Waals surface area contributed by atoms with Gasteiger partial charge in [-0.05, 0) is 44.0 Å². The van der Waals surface area contributed by atoms with E-state index in [4.69, 9.17) is 5.73 Å². The number of alkyl halides is 3. The van der Waals surface area contributed by atoms with Crippen molar-refractivity contribution < 1.29 is 13.2 Å². The standard InChI is InChI=1S/C16H25F3N2/c1-4-5-6-9-21(12(2)3)15-8-7-14(16(17,18)19)10-13(15)11-20/h7-8,10,12H,4-6,9,11,20H2,1-3H3. The van der Waals surface area contributed by atoms with Gasteiger partial charge in [-0.1, -0.05) is 19.8 Å². The summed E-state index contributed by atoms with van der Waals surface area (Å²) in [4.78, 5) is 2.14. The molecular formula is C16H25F3N2. The minimum Gasteiger partial charge on any atom is -0.369 e. The molecule has 0 heterocycles. The molecule has 1 rings (SSSR count). The highest BCUT2D eigenvalue weighted by Crippen LogP contribution is 2.33. The van der Waals surface area contributed by atoms with Crippen molar-refractivity contribution in [2.75, 3.05) is 11.4 Å². The first-order chi connectivity index (χ1) is 9.81. The average Bonchev–Trinajstić information content (AvgIpc) is 2.41. The van der Waals surface area contributed by atoms with Crippen LogP contribution in [0, 0.1) is 0 Å². The number of benzene rings is 1. The minimum atomic E-state index is -4.33. The van der Waals surface area contributed by atoms with Crippen molar-refractivity contribution in [1.29, 1.82) is 0 Å². The lowest BCUT2D eigenvalue weighted by molar-refractivity contribution is -0.137. The van der Waals surface area contributed by atoms with E-state index in [0.717, 1.165) is 37.6 Å². The van der Waals surface area contributed by atoms with Gasteiger partial charge in [0.2, 0.25) is 0 Å². The third-order valence-electron chi connectivity index (χ3n) is 3.56. The molecule has 1 aromatic carbocycles. The molecule has 0 aromatic heterocycles.